The van der Waals surface area contributed by atoms with Gasteiger partial charge in [-0.05, 0) is 25.3 Å². The molecule has 0 aromatic heterocycles. The zero-order valence-corrected chi connectivity index (χ0v) is 15.4. The summed E-state index contributed by atoms with van der Waals surface area (Å²) < 4.78 is 0. The van der Waals surface area contributed by atoms with Gasteiger partial charge in [0.1, 0.15) is 0 Å². The summed E-state index contributed by atoms with van der Waals surface area (Å²) in [6.07, 6.45) is 1.47. The third-order valence-corrected chi connectivity index (χ3v) is 5.89. The summed E-state index contributed by atoms with van der Waals surface area (Å²) in [5.41, 5.74) is 1.19. The SMILES string of the molecule is CC(=O)N1C[C@@H]2CN(C(=O)Cc3ccc(C)cc3)CCC[C@]2(C(=O)O)C1. The average Bonchev–Trinajstić information content (AvgIpc) is 2.86. The van der Waals surface area contributed by atoms with Crippen molar-refractivity contribution in [3.05, 3.63) is 35.4 Å². The molecule has 2 aliphatic rings. The van der Waals surface area contributed by atoms with Crippen LogP contribution in [0.25, 0.3) is 0 Å². The van der Waals surface area contributed by atoms with Gasteiger partial charge in [-0.25, -0.2) is 0 Å². The molecule has 1 N–H and O–H groups in total. The first-order valence-electron chi connectivity index (χ1n) is 9.14. The Morgan fingerprint density at radius 3 is 2.42 bits per heavy atom. The van der Waals surface area contributed by atoms with E-state index in [0.717, 1.165) is 11.1 Å². The molecule has 6 nitrogen and oxygen atoms in total. The molecule has 1 aromatic carbocycles. The number of aryl methyl sites for hydroxylation is 1. The maximum Gasteiger partial charge on any atom is 0.311 e. The number of carbonyl (C=O) groups is 3. The normalized spacial score (nSPS) is 25.5. The van der Waals surface area contributed by atoms with Gasteiger partial charge >= 0.3 is 5.97 Å². The molecule has 26 heavy (non-hydrogen) atoms. The van der Waals surface area contributed by atoms with Gasteiger partial charge in [0, 0.05) is 39.0 Å². The van der Waals surface area contributed by atoms with Gasteiger partial charge in [-0.3, -0.25) is 14.4 Å². The molecule has 3 rings (SSSR count). The van der Waals surface area contributed by atoms with Crippen molar-refractivity contribution < 1.29 is 19.5 Å². The minimum Gasteiger partial charge on any atom is -0.481 e. The van der Waals surface area contributed by atoms with Crippen LogP contribution >= 0.6 is 0 Å². The van der Waals surface area contributed by atoms with Crippen LogP contribution in [0, 0.1) is 18.3 Å². The van der Waals surface area contributed by atoms with Crippen molar-refractivity contribution in [1.82, 2.24) is 9.80 Å². The smallest absolute Gasteiger partial charge is 0.311 e. The van der Waals surface area contributed by atoms with Crippen molar-refractivity contribution in [1.29, 1.82) is 0 Å². The van der Waals surface area contributed by atoms with Gasteiger partial charge in [0.15, 0.2) is 0 Å². The van der Waals surface area contributed by atoms with Crippen LogP contribution in [0.5, 0.6) is 0 Å². The molecule has 2 amide bonds. The number of rotatable bonds is 3. The second kappa shape index (κ2) is 7.09. The molecule has 0 radical (unpaired) electrons. The van der Waals surface area contributed by atoms with Gasteiger partial charge in [-0.1, -0.05) is 29.8 Å². The number of hydrogen-bond donors (Lipinski definition) is 1. The molecule has 2 atom stereocenters. The number of fused-ring (bicyclic) bond motifs is 1. The van der Waals surface area contributed by atoms with E-state index in [2.05, 4.69) is 0 Å². The van der Waals surface area contributed by atoms with Crippen LogP contribution < -0.4 is 0 Å². The lowest BCUT2D eigenvalue weighted by Gasteiger charge is -2.29. The van der Waals surface area contributed by atoms with Crippen molar-refractivity contribution in [3.63, 3.8) is 0 Å². The van der Waals surface area contributed by atoms with E-state index in [4.69, 9.17) is 0 Å². The number of likely N-dealkylation sites (tertiary alicyclic amines) is 2. The highest BCUT2D eigenvalue weighted by molar-refractivity contribution is 5.81. The van der Waals surface area contributed by atoms with Gasteiger partial charge in [-0.2, -0.15) is 0 Å². The molecule has 2 saturated heterocycles. The third kappa shape index (κ3) is 3.45. The molecule has 0 saturated carbocycles. The van der Waals surface area contributed by atoms with E-state index < -0.39 is 11.4 Å². The number of hydrogen-bond acceptors (Lipinski definition) is 3. The summed E-state index contributed by atoms with van der Waals surface area (Å²) >= 11 is 0. The highest BCUT2D eigenvalue weighted by Crippen LogP contribution is 2.43. The van der Waals surface area contributed by atoms with Gasteiger partial charge in [0.25, 0.3) is 0 Å². The van der Waals surface area contributed by atoms with Gasteiger partial charge < -0.3 is 14.9 Å². The van der Waals surface area contributed by atoms with Crippen molar-refractivity contribution in [2.45, 2.75) is 33.1 Å². The standard InChI is InChI=1S/C20H26N2O4/c1-14-4-6-16(7-5-14)10-18(24)21-9-3-8-20(19(25)26)13-22(15(2)23)12-17(20)11-21/h4-7,17H,3,8-13H2,1-2H3,(H,25,26)/t17-,20-/m0/s1. The Morgan fingerprint density at radius 1 is 1.15 bits per heavy atom. The van der Waals surface area contributed by atoms with Crippen LogP contribution in [0.3, 0.4) is 0 Å². The third-order valence-electron chi connectivity index (χ3n) is 5.89. The second-order valence-electron chi connectivity index (χ2n) is 7.66. The van der Waals surface area contributed by atoms with E-state index >= 15 is 0 Å². The zero-order chi connectivity index (χ0) is 18.9. The molecular formula is C20H26N2O4. The lowest BCUT2D eigenvalue weighted by atomic mass is 9.75. The molecule has 1 aromatic rings. The van der Waals surface area contributed by atoms with Crippen LogP contribution in [-0.4, -0.2) is 58.9 Å². The van der Waals surface area contributed by atoms with Crippen molar-refractivity contribution in [2.75, 3.05) is 26.2 Å². The number of aliphatic carboxylic acids is 1. The van der Waals surface area contributed by atoms with Gasteiger partial charge in [-0.15, -0.1) is 0 Å². The molecule has 0 aliphatic carbocycles. The molecule has 140 valence electrons. The summed E-state index contributed by atoms with van der Waals surface area (Å²) in [5, 5.41) is 9.87. The summed E-state index contributed by atoms with van der Waals surface area (Å²) in [6.45, 7) is 5.13. The van der Waals surface area contributed by atoms with E-state index in [1.165, 1.54) is 6.92 Å². The van der Waals surface area contributed by atoms with Crippen molar-refractivity contribution >= 4 is 17.8 Å². The lowest BCUT2D eigenvalue weighted by molar-refractivity contribution is -0.151. The van der Waals surface area contributed by atoms with E-state index in [1.54, 1.807) is 9.80 Å². The second-order valence-corrected chi connectivity index (χ2v) is 7.66. The first-order chi connectivity index (χ1) is 12.3. The fourth-order valence-electron chi connectivity index (χ4n) is 4.24. The minimum atomic E-state index is -0.926. The molecular weight excluding hydrogens is 332 g/mol. The number of nitrogens with zero attached hydrogens (tertiary/aromatic N) is 2. The topological polar surface area (TPSA) is 77.9 Å². The Balaban J connectivity index is 1.75. The maximum absolute atomic E-state index is 12.8. The number of carboxylic acid groups (broad SMARTS) is 1. The van der Waals surface area contributed by atoms with E-state index in [-0.39, 0.29) is 24.3 Å². The molecule has 6 heteroatoms. The fraction of sp³-hybridized carbons (Fsp3) is 0.550. The van der Waals surface area contributed by atoms with E-state index in [1.807, 2.05) is 31.2 Å². The Morgan fingerprint density at radius 2 is 1.81 bits per heavy atom. The predicted octanol–water partition coefficient (Wildman–Crippen LogP) is 1.71. The largest absolute Gasteiger partial charge is 0.481 e. The average molecular weight is 358 g/mol. The Hall–Kier alpha value is -2.37. The fourth-order valence-corrected chi connectivity index (χ4v) is 4.24. The Bertz CT molecular complexity index is 715. The lowest BCUT2D eigenvalue weighted by Crippen LogP contribution is -2.43. The number of carboxylic acids is 1. The summed E-state index contributed by atoms with van der Waals surface area (Å²) in [4.78, 5) is 40.0. The van der Waals surface area contributed by atoms with Crippen LogP contribution in [0.1, 0.15) is 30.9 Å². The number of carbonyl (C=O) groups excluding carboxylic acids is 2. The zero-order valence-electron chi connectivity index (χ0n) is 15.4. The van der Waals surface area contributed by atoms with Crippen LogP contribution in [-0.2, 0) is 20.8 Å². The summed E-state index contributed by atoms with van der Waals surface area (Å²) in [7, 11) is 0. The Labute approximate surface area is 153 Å². The first-order valence-corrected chi connectivity index (χ1v) is 9.14. The summed E-state index contributed by atoms with van der Waals surface area (Å²) in [6, 6.07) is 7.89. The predicted molar refractivity (Wildman–Crippen MR) is 96.5 cm³/mol. The van der Waals surface area contributed by atoms with Crippen LogP contribution in [0.4, 0.5) is 0 Å². The number of benzene rings is 1. The molecule has 0 bridgehead atoms. The molecule has 2 fully saturated rings. The van der Waals surface area contributed by atoms with E-state index in [9.17, 15) is 19.5 Å². The summed E-state index contributed by atoms with van der Waals surface area (Å²) in [5.74, 6) is -1.14. The van der Waals surface area contributed by atoms with Crippen molar-refractivity contribution in [3.8, 4) is 0 Å². The highest BCUT2D eigenvalue weighted by Gasteiger charge is 2.54. The number of amides is 2. The van der Waals surface area contributed by atoms with Gasteiger partial charge in [0.05, 0.1) is 11.8 Å². The maximum atomic E-state index is 12.8. The van der Waals surface area contributed by atoms with Gasteiger partial charge in [0.2, 0.25) is 11.8 Å². The van der Waals surface area contributed by atoms with Crippen molar-refractivity contribution in [2.24, 2.45) is 11.3 Å². The molecule has 2 aliphatic heterocycles. The minimum absolute atomic E-state index is 0.0244. The first kappa shape index (κ1) is 18.4. The molecule has 2 heterocycles. The van der Waals surface area contributed by atoms with E-state index in [0.29, 0.717) is 38.9 Å². The molecule has 0 spiro atoms. The Kier molecular flexibility index (Phi) is 5.03. The highest BCUT2D eigenvalue weighted by atomic mass is 16.4. The van der Waals surface area contributed by atoms with Crippen LogP contribution in [0.2, 0.25) is 0 Å². The molecule has 0 unspecified atom stereocenters. The quantitative estimate of drug-likeness (QED) is 0.892. The monoisotopic (exact) mass is 358 g/mol. The van der Waals surface area contributed by atoms with Crippen LogP contribution in [0.15, 0.2) is 24.3 Å².